The molecule has 1 fully saturated rings. The topological polar surface area (TPSA) is 68.7 Å². The fraction of sp³-hybridized carbons (Fsp3) is 0.238. The van der Waals surface area contributed by atoms with E-state index in [2.05, 4.69) is 17.4 Å². The Morgan fingerprint density at radius 1 is 1.14 bits per heavy atom. The summed E-state index contributed by atoms with van der Waals surface area (Å²) in [5.74, 6) is -0.107. The average molecular weight is 427 g/mol. The number of fused-ring (bicyclic) bond motifs is 1. The number of amidine groups is 1. The van der Waals surface area contributed by atoms with Gasteiger partial charge in [-0.25, -0.2) is 0 Å². The Morgan fingerprint density at radius 2 is 1.93 bits per heavy atom. The number of benzene rings is 2. The SMILES string of the molecule is COCCNc1ccc2c(c1)S/C(=C1\SC(=N)N(Cc3ccccc3)C1=O)N2C. The molecule has 150 valence electrons. The van der Waals surface area contributed by atoms with Gasteiger partial charge in [-0.2, -0.15) is 0 Å². The van der Waals surface area contributed by atoms with Gasteiger partial charge in [0.05, 0.1) is 23.9 Å². The minimum atomic E-state index is -0.107. The molecule has 2 aromatic carbocycles. The first kappa shape index (κ1) is 19.9. The molecule has 29 heavy (non-hydrogen) atoms. The van der Waals surface area contributed by atoms with Gasteiger partial charge in [-0.05, 0) is 35.5 Å². The van der Waals surface area contributed by atoms with Gasteiger partial charge in [0.1, 0.15) is 4.91 Å². The maximum absolute atomic E-state index is 13.1. The maximum Gasteiger partial charge on any atom is 0.269 e. The van der Waals surface area contributed by atoms with E-state index >= 15 is 0 Å². The van der Waals surface area contributed by atoms with Crippen molar-refractivity contribution in [1.29, 1.82) is 5.41 Å². The summed E-state index contributed by atoms with van der Waals surface area (Å²) < 4.78 is 5.08. The van der Waals surface area contributed by atoms with Crippen LogP contribution in [0.25, 0.3) is 0 Å². The Hall–Kier alpha value is -2.42. The fourth-order valence-corrected chi connectivity index (χ4v) is 5.46. The zero-order chi connectivity index (χ0) is 20.4. The van der Waals surface area contributed by atoms with Gasteiger partial charge in [0.2, 0.25) is 0 Å². The first-order valence-corrected chi connectivity index (χ1v) is 10.9. The van der Waals surface area contributed by atoms with Gasteiger partial charge in [-0.1, -0.05) is 42.1 Å². The Bertz CT molecular complexity index is 978. The Labute approximate surface area is 178 Å². The third-order valence-electron chi connectivity index (χ3n) is 4.73. The van der Waals surface area contributed by atoms with Gasteiger partial charge in [-0.3, -0.25) is 15.1 Å². The van der Waals surface area contributed by atoms with Crippen LogP contribution in [0.1, 0.15) is 5.56 Å². The van der Waals surface area contributed by atoms with Crippen LogP contribution in [0.5, 0.6) is 0 Å². The Balaban J connectivity index is 1.55. The van der Waals surface area contributed by atoms with Crippen molar-refractivity contribution in [3.63, 3.8) is 0 Å². The quantitative estimate of drug-likeness (QED) is 0.534. The number of anilines is 2. The van der Waals surface area contributed by atoms with Crippen molar-refractivity contribution in [1.82, 2.24) is 4.90 Å². The lowest BCUT2D eigenvalue weighted by atomic mass is 10.2. The first-order chi connectivity index (χ1) is 14.1. The molecule has 0 aromatic heterocycles. The van der Waals surface area contributed by atoms with Crippen LogP contribution in [-0.2, 0) is 16.1 Å². The number of ether oxygens (including phenoxy) is 1. The molecule has 8 heteroatoms. The Kier molecular flexibility index (Phi) is 5.84. The van der Waals surface area contributed by atoms with E-state index in [0.29, 0.717) is 18.1 Å². The standard InChI is InChI=1S/C21H22N4O2S2/c1-24-16-9-8-15(23-10-11-27-2)12-17(16)28-20(24)18-19(26)25(21(22)29-18)13-14-6-4-3-5-7-14/h3-9,12,22-23H,10-11,13H2,1-2H3/b20-18-,22-21?. The highest BCUT2D eigenvalue weighted by Crippen LogP contribution is 2.50. The lowest BCUT2D eigenvalue weighted by Crippen LogP contribution is -2.28. The minimum absolute atomic E-state index is 0.107. The van der Waals surface area contributed by atoms with Crippen LogP contribution in [-0.4, -0.2) is 43.3 Å². The number of rotatable bonds is 6. The molecule has 0 atom stereocenters. The molecule has 2 N–H and O–H groups in total. The highest BCUT2D eigenvalue weighted by Gasteiger charge is 2.38. The minimum Gasteiger partial charge on any atom is -0.383 e. The first-order valence-electron chi connectivity index (χ1n) is 9.23. The van der Waals surface area contributed by atoms with Gasteiger partial charge >= 0.3 is 0 Å². The second-order valence-corrected chi connectivity index (χ2v) is 8.71. The molecular formula is C21H22N4O2S2. The number of nitrogens with one attached hydrogen (secondary N) is 2. The van der Waals surface area contributed by atoms with Crippen molar-refractivity contribution in [2.45, 2.75) is 11.4 Å². The highest BCUT2D eigenvalue weighted by molar-refractivity contribution is 8.19. The third-order valence-corrected chi connectivity index (χ3v) is 7.06. The average Bonchev–Trinajstić information content (AvgIpc) is 3.20. The maximum atomic E-state index is 13.1. The highest BCUT2D eigenvalue weighted by atomic mass is 32.2. The van der Waals surface area contributed by atoms with Crippen LogP contribution in [0, 0.1) is 5.41 Å². The van der Waals surface area contributed by atoms with E-state index in [9.17, 15) is 4.79 Å². The molecule has 6 nitrogen and oxygen atoms in total. The van der Waals surface area contributed by atoms with E-state index in [1.165, 1.54) is 16.7 Å². The molecule has 1 saturated heterocycles. The second-order valence-electron chi connectivity index (χ2n) is 6.68. The summed E-state index contributed by atoms with van der Waals surface area (Å²) in [5.41, 5.74) is 3.10. The lowest BCUT2D eigenvalue weighted by Gasteiger charge is -2.16. The van der Waals surface area contributed by atoms with Gasteiger partial charge in [-0.15, -0.1) is 0 Å². The third kappa shape index (κ3) is 4.01. The number of amides is 1. The summed E-state index contributed by atoms with van der Waals surface area (Å²) in [7, 11) is 3.65. The van der Waals surface area contributed by atoms with Crippen LogP contribution in [0.15, 0.2) is 63.4 Å². The van der Waals surface area contributed by atoms with E-state index in [1.54, 1.807) is 18.9 Å². The van der Waals surface area contributed by atoms with Crippen LogP contribution in [0.2, 0.25) is 0 Å². The predicted molar refractivity (Wildman–Crippen MR) is 120 cm³/mol. The number of hydrogen-bond acceptors (Lipinski definition) is 7. The number of nitrogens with zero attached hydrogens (tertiary/aromatic N) is 2. The van der Waals surface area contributed by atoms with Crippen LogP contribution in [0.4, 0.5) is 11.4 Å². The zero-order valence-corrected chi connectivity index (χ0v) is 17.9. The summed E-state index contributed by atoms with van der Waals surface area (Å²) in [6.45, 7) is 1.80. The van der Waals surface area contributed by atoms with Gasteiger partial charge in [0.15, 0.2) is 5.17 Å². The van der Waals surface area contributed by atoms with Gasteiger partial charge < -0.3 is 15.0 Å². The van der Waals surface area contributed by atoms with E-state index in [4.69, 9.17) is 10.1 Å². The molecular weight excluding hydrogens is 404 g/mol. The summed E-state index contributed by atoms with van der Waals surface area (Å²) >= 11 is 2.82. The lowest BCUT2D eigenvalue weighted by molar-refractivity contribution is -0.122. The van der Waals surface area contributed by atoms with Crippen LogP contribution in [0.3, 0.4) is 0 Å². The number of hydrogen-bond donors (Lipinski definition) is 2. The summed E-state index contributed by atoms with van der Waals surface area (Å²) in [6, 6.07) is 16.0. The van der Waals surface area contributed by atoms with Crippen molar-refractivity contribution < 1.29 is 9.53 Å². The van der Waals surface area contributed by atoms with Gasteiger partial charge in [0, 0.05) is 31.3 Å². The van der Waals surface area contributed by atoms with Gasteiger partial charge in [0.25, 0.3) is 5.91 Å². The van der Waals surface area contributed by atoms with Crippen molar-refractivity contribution in [2.75, 3.05) is 37.5 Å². The van der Waals surface area contributed by atoms with E-state index in [0.717, 1.165) is 33.4 Å². The molecule has 0 aliphatic carbocycles. The van der Waals surface area contributed by atoms with Crippen molar-refractivity contribution in [2.24, 2.45) is 0 Å². The molecule has 2 heterocycles. The molecule has 0 unspecified atom stereocenters. The van der Waals surface area contributed by atoms with E-state index < -0.39 is 0 Å². The molecule has 0 saturated carbocycles. The number of carbonyl (C=O) groups excluding carboxylic acids is 1. The fourth-order valence-electron chi connectivity index (χ4n) is 3.22. The zero-order valence-electron chi connectivity index (χ0n) is 16.3. The van der Waals surface area contributed by atoms with Crippen molar-refractivity contribution in [3.05, 3.63) is 64.0 Å². The van der Waals surface area contributed by atoms with E-state index in [1.807, 2.05) is 48.3 Å². The molecule has 0 radical (unpaired) electrons. The summed E-state index contributed by atoms with van der Waals surface area (Å²) in [6.07, 6.45) is 0. The van der Waals surface area contributed by atoms with Crippen LogP contribution >= 0.6 is 23.5 Å². The molecule has 2 aliphatic rings. The van der Waals surface area contributed by atoms with E-state index in [-0.39, 0.29) is 11.1 Å². The largest absolute Gasteiger partial charge is 0.383 e. The van der Waals surface area contributed by atoms with Crippen LogP contribution < -0.4 is 10.2 Å². The van der Waals surface area contributed by atoms with Crippen molar-refractivity contribution >= 4 is 46.0 Å². The Morgan fingerprint density at radius 3 is 2.69 bits per heavy atom. The van der Waals surface area contributed by atoms with Crippen molar-refractivity contribution in [3.8, 4) is 0 Å². The number of carbonyl (C=O) groups is 1. The molecule has 2 aliphatic heterocycles. The molecule has 0 bridgehead atoms. The molecule has 2 aromatic rings. The number of methoxy groups -OCH3 is 1. The number of thioether (sulfide) groups is 2. The smallest absolute Gasteiger partial charge is 0.269 e. The molecule has 0 spiro atoms. The predicted octanol–water partition coefficient (Wildman–Crippen LogP) is 4.17. The summed E-state index contributed by atoms with van der Waals surface area (Å²) in [5, 5.41) is 12.8. The summed E-state index contributed by atoms with van der Waals surface area (Å²) in [4.78, 5) is 18.4. The molecule has 4 rings (SSSR count). The second kappa shape index (κ2) is 8.52. The molecule has 1 amide bonds. The monoisotopic (exact) mass is 426 g/mol. The normalized spacial score (nSPS) is 18.6.